The van der Waals surface area contributed by atoms with Gasteiger partial charge in [0.25, 0.3) is 5.91 Å². The minimum atomic E-state index is -0.331. The van der Waals surface area contributed by atoms with Crippen molar-refractivity contribution in [3.63, 3.8) is 0 Å². The lowest BCUT2D eigenvalue weighted by Gasteiger charge is -2.34. The molecule has 0 unspecified atom stereocenters. The first-order valence-corrected chi connectivity index (χ1v) is 13.1. The minimum absolute atomic E-state index is 0.000709. The van der Waals surface area contributed by atoms with Gasteiger partial charge in [0.2, 0.25) is 0 Å². The Morgan fingerprint density at radius 3 is 2.23 bits per heavy atom. The van der Waals surface area contributed by atoms with E-state index in [0.29, 0.717) is 37.6 Å². The fourth-order valence-corrected chi connectivity index (χ4v) is 5.02. The molecule has 1 aromatic rings. The van der Waals surface area contributed by atoms with Crippen LogP contribution >= 0.6 is 0 Å². The Morgan fingerprint density at radius 1 is 1.03 bits per heavy atom. The van der Waals surface area contributed by atoms with Crippen LogP contribution in [0, 0.1) is 11.8 Å². The number of phenolic OH excluding ortho intramolecular Hbond substituents is 2. The number of nitrogens with zero attached hydrogens (tertiary/aromatic N) is 1. The summed E-state index contributed by atoms with van der Waals surface area (Å²) in [4.78, 5) is 27.9. The molecule has 196 valence electrons. The Balaban J connectivity index is 1.60. The summed E-state index contributed by atoms with van der Waals surface area (Å²) in [6.45, 7) is 11.3. The zero-order chi connectivity index (χ0) is 25.8. The summed E-state index contributed by atoms with van der Waals surface area (Å²) in [7, 11) is 0. The molecule has 1 saturated heterocycles. The van der Waals surface area contributed by atoms with Gasteiger partial charge >= 0.3 is 5.97 Å². The zero-order valence-electron chi connectivity index (χ0n) is 22.0. The molecular weight excluding hydrogens is 446 g/mol. The third-order valence-corrected chi connectivity index (χ3v) is 7.15. The van der Waals surface area contributed by atoms with Gasteiger partial charge < -0.3 is 24.6 Å². The van der Waals surface area contributed by atoms with E-state index in [2.05, 4.69) is 0 Å². The number of aromatic hydroxyl groups is 2. The lowest BCUT2D eigenvalue weighted by molar-refractivity contribution is -0.159. The van der Waals surface area contributed by atoms with Gasteiger partial charge in [0.15, 0.2) is 0 Å². The van der Waals surface area contributed by atoms with Crippen LogP contribution in [0.15, 0.2) is 12.1 Å². The summed E-state index contributed by atoms with van der Waals surface area (Å²) in [6.07, 6.45) is 6.41. The summed E-state index contributed by atoms with van der Waals surface area (Å²) >= 11 is 0. The van der Waals surface area contributed by atoms with E-state index >= 15 is 0 Å². The van der Waals surface area contributed by atoms with Crippen molar-refractivity contribution in [2.75, 3.05) is 19.7 Å². The molecule has 35 heavy (non-hydrogen) atoms. The predicted molar refractivity (Wildman–Crippen MR) is 135 cm³/mol. The highest BCUT2D eigenvalue weighted by atomic mass is 16.5. The average Bonchev–Trinajstić information content (AvgIpc) is 3.28. The van der Waals surface area contributed by atoms with Crippen molar-refractivity contribution in [1.29, 1.82) is 0 Å². The Kier molecular flexibility index (Phi) is 9.08. The average molecular weight is 490 g/mol. The first-order valence-electron chi connectivity index (χ1n) is 13.1. The highest BCUT2D eigenvalue weighted by molar-refractivity contribution is 5.97. The minimum Gasteiger partial charge on any atom is -0.508 e. The quantitative estimate of drug-likeness (QED) is 0.476. The van der Waals surface area contributed by atoms with Crippen LogP contribution in [0.1, 0.15) is 101 Å². The number of hydrogen-bond donors (Lipinski definition) is 2. The van der Waals surface area contributed by atoms with E-state index < -0.39 is 0 Å². The number of carbonyl (C=O) groups excluding carboxylic acids is 2. The van der Waals surface area contributed by atoms with Gasteiger partial charge in [0.1, 0.15) is 17.6 Å². The van der Waals surface area contributed by atoms with Gasteiger partial charge in [0.05, 0.1) is 23.7 Å². The monoisotopic (exact) mass is 489 g/mol. The third-order valence-electron chi connectivity index (χ3n) is 7.15. The Labute approximate surface area is 209 Å². The van der Waals surface area contributed by atoms with Crippen molar-refractivity contribution in [2.24, 2.45) is 11.8 Å². The van der Waals surface area contributed by atoms with E-state index in [-0.39, 0.29) is 52.5 Å². The van der Waals surface area contributed by atoms with Gasteiger partial charge in [0, 0.05) is 19.2 Å². The number of likely N-dealkylation sites (tertiary alicyclic amines) is 1. The van der Waals surface area contributed by atoms with Crippen LogP contribution in [0.4, 0.5) is 0 Å². The second-order valence-electron chi connectivity index (χ2n) is 11.5. The van der Waals surface area contributed by atoms with Crippen molar-refractivity contribution in [1.82, 2.24) is 4.90 Å². The van der Waals surface area contributed by atoms with Crippen LogP contribution in [0.2, 0.25) is 0 Å². The summed E-state index contributed by atoms with van der Waals surface area (Å²) < 4.78 is 11.8. The summed E-state index contributed by atoms with van der Waals surface area (Å²) in [6, 6.07) is 2.85. The van der Waals surface area contributed by atoms with Crippen LogP contribution in [0.5, 0.6) is 11.5 Å². The van der Waals surface area contributed by atoms with E-state index in [4.69, 9.17) is 9.47 Å². The maximum Gasteiger partial charge on any atom is 0.311 e. The first-order chi connectivity index (χ1) is 16.4. The van der Waals surface area contributed by atoms with Crippen molar-refractivity contribution < 1.29 is 29.3 Å². The van der Waals surface area contributed by atoms with Crippen LogP contribution in [-0.2, 0) is 14.3 Å². The Morgan fingerprint density at radius 2 is 1.66 bits per heavy atom. The maximum absolute atomic E-state index is 13.1. The van der Waals surface area contributed by atoms with Crippen LogP contribution in [0.25, 0.3) is 0 Å². The number of rotatable bonds is 8. The van der Waals surface area contributed by atoms with Crippen molar-refractivity contribution in [3.8, 4) is 11.5 Å². The molecule has 1 atom stereocenters. The molecule has 0 aromatic heterocycles. The van der Waals surface area contributed by atoms with Crippen LogP contribution in [-0.4, -0.2) is 58.4 Å². The third kappa shape index (κ3) is 7.60. The molecule has 1 aliphatic carbocycles. The van der Waals surface area contributed by atoms with E-state index in [1.54, 1.807) is 11.0 Å². The predicted octanol–water partition coefficient (Wildman–Crippen LogP) is 5.38. The smallest absolute Gasteiger partial charge is 0.311 e. The molecule has 7 heteroatoms. The van der Waals surface area contributed by atoms with E-state index in [1.807, 2.05) is 34.6 Å². The molecule has 0 bridgehead atoms. The van der Waals surface area contributed by atoms with Gasteiger partial charge in [-0.3, -0.25) is 9.59 Å². The molecule has 1 saturated carbocycles. The molecule has 1 heterocycles. The van der Waals surface area contributed by atoms with Crippen molar-refractivity contribution in [3.05, 3.63) is 23.3 Å². The largest absolute Gasteiger partial charge is 0.508 e. The zero-order valence-corrected chi connectivity index (χ0v) is 22.0. The molecule has 2 aliphatic rings. The Bertz CT molecular complexity index is 876. The lowest BCUT2D eigenvalue weighted by atomic mass is 9.87. The summed E-state index contributed by atoms with van der Waals surface area (Å²) in [5, 5.41) is 20.4. The number of amides is 1. The molecule has 1 amide bonds. The number of ether oxygens (including phenoxy) is 2. The number of phenols is 2. The number of carbonyl (C=O) groups is 2. The van der Waals surface area contributed by atoms with Gasteiger partial charge in [-0.05, 0) is 89.2 Å². The molecule has 0 spiro atoms. The summed E-state index contributed by atoms with van der Waals surface area (Å²) in [5.41, 5.74) is 0.535. The molecular formula is C28H43NO6. The topological polar surface area (TPSA) is 96.3 Å². The lowest BCUT2D eigenvalue weighted by Crippen LogP contribution is -2.40. The number of hydrogen-bond acceptors (Lipinski definition) is 6. The molecule has 1 aliphatic heterocycles. The molecule has 2 fully saturated rings. The second kappa shape index (κ2) is 11.6. The van der Waals surface area contributed by atoms with Crippen molar-refractivity contribution >= 4 is 11.9 Å². The molecule has 7 nitrogen and oxygen atoms in total. The SMILES string of the molecule is CC(C)c1cc(C(=O)N2CCC(C[C@@H](COC(C)(C)C)C(=O)OC3CCCC3)CC2)c(O)cc1O. The van der Waals surface area contributed by atoms with E-state index in [9.17, 15) is 19.8 Å². The van der Waals surface area contributed by atoms with Gasteiger partial charge in [-0.15, -0.1) is 0 Å². The molecule has 1 aromatic carbocycles. The second-order valence-corrected chi connectivity index (χ2v) is 11.5. The fourth-order valence-electron chi connectivity index (χ4n) is 5.02. The van der Waals surface area contributed by atoms with Gasteiger partial charge in [-0.2, -0.15) is 0 Å². The normalized spacial score (nSPS) is 18.7. The van der Waals surface area contributed by atoms with Crippen LogP contribution in [0.3, 0.4) is 0 Å². The van der Waals surface area contributed by atoms with Crippen molar-refractivity contribution in [2.45, 2.75) is 97.2 Å². The standard InChI is InChI=1S/C28H43NO6/c1-18(2)22-15-23(25(31)16-24(22)30)26(32)29-12-10-19(11-13-29)14-20(17-34-28(3,4)5)27(33)35-21-8-6-7-9-21/h15-16,18-21,30-31H,6-14,17H2,1-5H3/t20-/m0/s1. The number of piperidine rings is 1. The Hall–Kier alpha value is -2.28. The van der Waals surface area contributed by atoms with E-state index in [0.717, 1.165) is 38.5 Å². The highest BCUT2D eigenvalue weighted by Gasteiger charge is 2.32. The fraction of sp³-hybridized carbons (Fsp3) is 0.714. The molecule has 2 N–H and O–H groups in total. The van der Waals surface area contributed by atoms with Gasteiger partial charge in [-0.25, -0.2) is 0 Å². The summed E-state index contributed by atoms with van der Waals surface area (Å²) in [5.74, 6) is -0.566. The maximum atomic E-state index is 13.1. The first kappa shape index (κ1) is 27.3. The molecule has 3 rings (SSSR count). The highest BCUT2D eigenvalue weighted by Crippen LogP contribution is 2.34. The van der Waals surface area contributed by atoms with E-state index in [1.165, 1.54) is 6.07 Å². The molecule has 0 radical (unpaired) electrons. The van der Waals surface area contributed by atoms with Crippen LogP contribution < -0.4 is 0 Å². The number of esters is 1. The van der Waals surface area contributed by atoms with Gasteiger partial charge in [-0.1, -0.05) is 13.8 Å². The number of benzene rings is 1.